The fourth-order valence-electron chi connectivity index (χ4n) is 1.29. The maximum absolute atomic E-state index is 10.9. The van der Waals surface area contributed by atoms with E-state index in [0.29, 0.717) is 4.88 Å². The van der Waals surface area contributed by atoms with Crippen LogP contribution in [-0.2, 0) is 0 Å². The molecule has 0 aromatic carbocycles. The Morgan fingerprint density at radius 1 is 1.43 bits per heavy atom. The van der Waals surface area contributed by atoms with Crippen molar-refractivity contribution in [2.45, 2.75) is 6.92 Å². The first-order chi connectivity index (χ1) is 6.68. The number of carboxylic acids is 1. The van der Waals surface area contributed by atoms with E-state index in [1.807, 2.05) is 29.8 Å². The summed E-state index contributed by atoms with van der Waals surface area (Å²) in [5, 5.41) is 12.7. The third kappa shape index (κ3) is 1.58. The van der Waals surface area contributed by atoms with E-state index in [1.54, 1.807) is 11.3 Å². The zero-order valence-electron chi connectivity index (χ0n) is 7.48. The molecule has 0 aliphatic rings. The minimum absolute atomic E-state index is 0.419. The van der Waals surface area contributed by atoms with Crippen molar-refractivity contribution in [2.75, 3.05) is 0 Å². The lowest BCUT2D eigenvalue weighted by Gasteiger charge is -1.94. The first-order valence-corrected chi connectivity index (χ1v) is 5.80. The zero-order chi connectivity index (χ0) is 10.1. The van der Waals surface area contributed by atoms with Gasteiger partial charge in [0.2, 0.25) is 0 Å². The van der Waals surface area contributed by atoms with Crippen molar-refractivity contribution < 1.29 is 9.90 Å². The molecule has 4 heteroatoms. The average molecular weight is 224 g/mol. The van der Waals surface area contributed by atoms with Crippen LogP contribution >= 0.6 is 22.7 Å². The lowest BCUT2D eigenvalue weighted by Crippen LogP contribution is -1.93. The fourth-order valence-corrected chi connectivity index (χ4v) is 2.74. The van der Waals surface area contributed by atoms with E-state index in [0.717, 1.165) is 11.1 Å². The summed E-state index contributed by atoms with van der Waals surface area (Å²) in [4.78, 5) is 12.5. The van der Waals surface area contributed by atoms with Crippen LogP contribution in [-0.4, -0.2) is 11.1 Å². The molecule has 0 bridgehead atoms. The van der Waals surface area contributed by atoms with Crippen molar-refractivity contribution >= 4 is 28.6 Å². The first-order valence-electron chi connectivity index (χ1n) is 4.05. The van der Waals surface area contributed by atoms with Crippen LogP contribution in [0.2, 0.25) is 0 Å². The summed E-state index contributed by atoms with van der Waals surface area (Å²) in [6.07, 6.45) is 0. The van der Waals surface area contributed by atoms with Crippen LogP contribution in [0.5, 0.6) is 0 Å². The predicted octanol–water partition coefficient (Wildman–Crippen LogP) is 3.48. The van der Waals surface area contributed by atoms with Crippen molar-refractivity contribution in [3.8, 4) is 11.1 Å². The molecule has 0 amide bonds. The molecule has 2 nitrogen and oxygen atoms in total. The van der Waals surface area contributed by atoms with Crippen molar-refractivity contribution in [2.24, 2.45) is 0 Å². The van der Waals surface area contributed by atoms with Crippen LogP contribution in [0.3, 0.4) is 0 Å². The Morgan fingerprint density at radius 2 is 2.21 bits per heavy atom. The normalized spacial score (nSPS) is 10.4. The Morgan fingerprint density at radius 3 is 2.79 bits per heavy atom. The lowest BCUT2D eigenvalue weighted by atomic mass is 10.1. The van der Waals surface area contributed by atoms with Crippen molar-refractivity contribution in [1.29, 1.82) is 0 Å². The molecule has 0 radical (unpaired) electrons. The molecular weight excluding hydrogens is 216 g/mol. The highest BCUT2D eigenvalue weighted by atomic mass is 32.1. The highest BCUT2D eigenvalue weighted by Gasteiger charge is 2.13. The van der Waals surface area contributed by atoms with E-state index >= 15 is 0 Å². The molecular formula is C10H8O2S2. The van der Waals surface area contributed by atoms with Gasteiger partial charge in [-0.3, -0.25) is 0 Å². The van der Waals surface area contributed by atoms with Crippen molar-refractivity contribution in [3.63, 3.8) is 0 Å². The van der Waals surface area contributed by atoms with Gasteiger partial charge in [0.05, 0.1) is 0 Å². The number of aryl methyl sites for hydroxylation is 1. The summed E-state index contributed by atoms with van der Waals surface area (Å²) in [7, 11) is 0. The zero-order valence-corrected chi connectivity index (χ0v) is 9.11. The first kappa shape index (κ1) is 9.43. The van der Waals surface area contributed by atoms with Gasteiger partial charge in [0.25, 0.3) is 0 Å². The monoisotopic (exact) mass is 224 g/mol. The van der Waals surface area contributed by atoms with E-state index in [-0.39, 0.29) is 0 Å². The maximum atomic E-state index is 10.9. The molecule has 14 heavy (non-hydrogen) atoms. The van der Waals surface area contributed by atoms with Gasteiger partial charge >= 0.3 is 5.97 Å². The smallest absolute Gasteiger partial charge is 0.346 e. The number of thiophene rings is 2. The summed E-state index contributed by atoms with van der Waals surface area (Å²) in [5.41, 5.74) is 1.83. The van der Waals surface area contributed by atoms with Gasteiger partial charge in [-0.25, -0.2) is 4.79 Å². The second kappa shape index (κ2) is 3.55. The largest absolute Gasteiger partial charge is 0.477 e. The van der Waals surface area contributed by atoms with Gasteiger partial charge in [-0.2, -0.15) is 0 Å². The van der Waals surface area contributed by atoms with E-state index in [4.69, 9.17) is 5.11 Å². The molecule has 0 spiro atoms. The van der Waals surface area contributed by atoms with Gasteiger partial charge in [-0.05, 0) is 35.4 Å². The van der Waals surface area contributed by atoms with E-state index in [2.05, 4.69) is 0 Å². The summed E-state index contributed by atoms with van der Waals surface area (Å²) in [5.74, 6) is -0.848. The number of carboxylic acid groups (broad SMARTS) is 1. The summed E-state index contributed by atoms with van der Waals surface area (Å²) < 4.78 is 0. The molecule has 0 aliphatic carbocycles. The predicted molar refractivity (Wildman–Crippen MR) is 59.3 cm³/mol. The van der Waals surface area contributed by atoms with Crippen molar-refractivity contribution in [1.82, 2.24) is 0 Å². The van der Waals surface area contributed by atoms with Gasteiger partial charge in [0, 0.05) is 10.4 Å². The molecule has 0 saturated heterocycles. The van der Waals surface area contributed by atoms with E-state index in [9.17, 15) is 4.79 Å². The molecule has 1 N–H and O–H groups in total. The highest BCUT2D eigenvalue weighted by molar-refractivity contribution is 7.12. The molecule has 0 saturated carbocycles. The molecule has 0 aliphatic heterocycles. The van der Waals surface area contributed by atoms with Gasteiger partial charge in [0.15, 0.2) is 0 Å². The average Bonchev–Trinajstić information content (AvgIpc) is 2.70. The Kier molecular flexibility index (Phi) is 2.39. The molecule has 2 rings (SSSR count). The molecule has 0 fully saturated rings. The Bertz CT molecular complexity index is 468. The minimum atomic E-state index is -0.848. The molecule has 2 aromatic heterocycles. The third-order valence-electron chi connectivity index (χ3n) is 1.90. The number of rotatable bonds is 2. The summed E-state index contributed by atoms with van der Waals surface area (Å²) in [6.45, 7) is 2.01. The molecule has 2 aromatic rings. The van der Waals surface area contributed by atoms with Crippen LogP contribution < -0.4 is 0 Å². The molecule has 0 atom stereocenters. The Balaban J connectivity index is 2.51. The van der Waals surface area contributed by atoms with Crippen LogP contribution in [0.1, 0.15) is 14.5 Å². The summed E-state index contributed by atoms with van der Waals surface area (Å²) >= 11 is 2.90. The topological polar surface area (TPSA) is 37.3 Å². The third-order valence-corrected chi connectivity index (χ3v) is 3.66. The second-order valence-corrected chi connectivity index (χ2v) is 4.95. The van der Waals surface area contributed by atoms with Gasteiger partial charge < -0.3 is 5.11 Å². The van der Waals surface area contributed by atoms with Crippen molar-refractivity contribution in [3.05, 3.63) is 32.6 Å². The minimum Gasteiger partial charge on any atom is -0.477 e. The fraction of sp³-hybridized carbons (Fsp3) is 0.100. The van der Waals surface area contributed by atoms with E-state index in [1.165, 1.54) is 16.2 Å². The summed E-state index contributed by atoms with van der Waals surface area (Å²) in [6, 6.07) is 3.87. The highest BCUT2D eigenvalue weighted by Crippen LogP contribution is 2.31. The SMILES string of the molecule is Cc1cc(-c2ccsc2C(=O)O)cs1. The Labute approximate surface area is 89.5 Å². The van der Waals surface area contributed by atoms with E-state index < -0.39 is 5.97 Å². The van der Waals surface area contributed by atoms with Crippen LogP contribution in [0.4, 0.5) is 0 Å². The Hall–Kier alpha value is -1.13. The van der Waals surface area contributed by atoms with Gasteiger partial charge in [-0.1, -0.05) is 0 Å². The molecule has 0 unspecified atom stereocenters. The van der Waals surface area contributed by atoms with Crippen LogP contribution in [0, 0.1) is 6.92 Å². The lowest BCUT2D eigenvalue weighted by molar-refractivity contribution is 0.0703. The number of carbonyl (C=O) groups is 1. The number of hydrogen-bond acceptors (Lipinski definition) is 3. The van der Waals surface area contributed by atoms with Gasteiger partial charge in [0.1, 0.15) is 4.88 Å². The second-order valence-electron chi connectivity index (χ2n) is 2.91. The van der Waals surface area contributed by atoms with Crippen LogP contribution in [0.25, 0.3) is 11.1 Å². The standard InChI is InChI=1S/C10H8O2S2/c1-6-4-7(5-14-6)8-2-3-13-9(8)10(11)12/h2-5H,1H3,(H,11,12). The molecule has 72 valence electrons. The quantitative estimate of drug-likeness (QED) is 0.847. The number of aromatic carboxylic acids is 1. The molecule has 2 heterocycles. The van der Waals surface area contributed by atoms with Crippen LogP contribution in [0.15, 0.2) is 22.9 Å². The number of hydrogen-bond donors (Lipinski definition) is 1. The maximum Gasteiger partial charge on any atom is 0.346 e. The van der Waals surface area contributed by atoms with Gasteiger partial charge in [-0.15, -0.1) is 22.7 Å².